The van der Waals surface area contributed by atoms with Gasteiger partial charge in [-0.15, -0.1) is 0 Å². The minimum absolute atomic E-state index is 0.179. The average Bonchev–Trinajstić information content (AvgIpc) is 2.15. The Hall–Kier alpha value is -0.890. The van der Waals surface area contributed by atoms with Crippen LogP contribution in [0.1, 0.15) is 62.4 Å². The molecule has 16 heavy (non-hydrogen) atoms. The number of aliphatic hydroxyl groups is 1. The fourth-order valence-corrected chi connectivity index (χ4v) is 2.68. The van der Waals surface area contributed by atoms with Crippen LogP contribution in [0.25, 0.3) is 0 Å². The molecule has 0 saturated carbocycles. The van der Waals surface area contributed by atoms with Crippen molar-refractivity contribution in [2.45, 2.75) is 58.0 Å². The maximum Gasteiger partial charge on any atom is 0.0675 e. The summed E-state index contributed by atoms with van der Waals surface area (Å²) in [6, 6.07) is 4.25. The van der Waals surface area contributed by atoms with Gasteiger partial charge in [-0.05, 0) is 51.2 Å². The first kappa shape index (κ1) is 11.6. The van der Waals surface area contributed by atoms with E-state index >= 15 is 0 Å². The van der Waals surface area contributed by atoms with E-state index in [1.165, 1.54) is 5.56 Å². The van der Waals surface area contributed by atoms with Gasteiger partial charge in [0.15, 0.2) is 0 Å². The van der Waals surface area contributed by atoms with Crippen molar-refractivity contribution >= 4 is 0 Å². The van der Waals surface area contributed by atoms with Crippen LogP contribution in [0.2, 0.25) is 0 Å². The molecule has 1 aliphatic rings. The van der Waals surface area contributed by atoms with Gasteiger partial charge in [0.1, 0.15) is 0 Å². The third kappa shape index (κ3) is 1.99. The van der Waals surface area contributed by atoms with Gasteiger partial charge in [0.25, 0.3) is 0 Å². The summed E-state index contributed by atoms with van der Waals surface area (Å²) in [5, 5.41) is 10.2. The molecule has 0 unspecified atom stereocenters. The SMILES string of the molecule is Cc1ccc2c(n1)[C@H](C(C)(C)O)CC[C@@H]2C. The minimum Gasteiger partial charge on any atom is -0.390 e. The van der Waals surface area contributed by atoms with Crippen LogP contribution >= 0.6 is 0 Å². The second-order valence-corrected chi connectivity index (χ2v) is 5.61. The Bertz CT molecular complexity index is 392. The van der Waals surface area contributed by atoms with Crippen molar-refractivity contribution in [3.8, 4) is 0 Å². The Morgan fingerprint density at radius 1 is 1.31 bits per heavy atom. The number of nitrogens with zero attached hydrogens (tertiary/aromatic N) is 1. The van der Waals surface area contributed by atoms with Crippen LogP contribution in [-0.4, -0.2) is 15.7 Å². The first-order valence-corrected chi connectivity index (χ1v) is 6.09. The van der Waals surface area contributed by atoms with Crippen molar-refractivity contribution in [1.29, 1.82) is 0 Å². The number of hydrogen-bond acceptors (Lipinski definition) is 2. The molecule has 0 bridgehead atoms. The largest absolute Gasteiger partial charge is 0.390 e. The molecule has 0 fully saturated rings. The zero-order chi connectivity index (χ0) is 11.9. The maximum atomic E-state index is 10.2. The second kappa shape index (κ2) is 3.85. The van der Waals surface area contributed by atoms with Crippen molar-refractivity contribution in [1.82, 2.24) is 4.98 Å². The van der Waals surface area contributed by atoms with E-state index in [1.807, 2.05) is 20.8 Å². The van der Waals surface area contributed by atoms with Crippen LogP contribution in [0, 0.1) is 6.92 Å². The highest BCUT2D eigenvalue weighted by molar-refractivity contribution is 5.32. The Morgan fingerprint density at radius 3 is 2.62 bits per heavy atom. The van der Waals surface area contributed by atoms with Gasteiger partial charge in [0.2, 0.25) is 0 Å². The molecular formula is C14H21NO. The van der Waals surface area contributed by atoms with Crippen molar-refractivity contribution in [2.75, 3.05) is 0 Å². The molecule has 1 aromatic heterocycles. The van der Waals surface area contributed by atoms with Gasteiger partial charge in [-0.3, -0.25) is 4.98 Å². The predicted molar refractivity (Wildman–Crippen MR) is 65.7 cm³/mol. The fourth-order valence-electron chi connectivity index (χ4n) is 2.68. The zero-order valence-electron chi connectivity index (χ0n) is 10.6. The van der Waals surface area contributed by atoms with Crippen LogP contribution in [0.5, 0.6) is 0 Å². The van der Waals surface area contributed by atoms with E-state index < -0.39 is 5.60 Å². The van der Waals surface area contributed by atoms with E-state index in [2.05, 4.69) is 24.0 Å². The predicted octanol–water partition coefficient (Wildman–Crippen LogP) is 3.14. The van der Waals surface area contributed by atoms with E-state index in [1.54, 1.807) is 0 Å². The Labute approximate surface area is 97.7 Å². The molecule has 2 heteroatoms. The van der Waals surface area contributed by atoms with E-state index in [4.69, 9.17) is 0 Å². The van der Waals surface area contributed by atoms with Crippen molar-refractivity contribution < 1.29 is 5.11 Å². The quantitative estimate of drug-likeness (QED) is 0.787. The molecule has 0 aliphatic heterocycles. The first-order chi connectivity index (χ1) is 7.39. The zero-order valence-corrected chi connectivity index (χ0v) is 10.6. The number of aryl methyl sites for hydroxylation is 1. The third-order valence-electron chi connectivity index (χ3n) is 3.70. The lowest BCUT2D eigenvalue weighted by atomic mass is 9.74. The van der Waals surface area contributed by atoms with Crippen molar-refractivity contribution in [3.63, 3.8) is 0 Å². The van der Waals surface area contributed by atoms with E-state index in [0.29, 0.717) is 5.92 Å². The number of hydrogen-bond donors (Lipinski definition) is 1. The van der Waals surface area contributed by atoms with Crippen molar-refractivity contribution in [2.24, 2.45) is 0 Å². The number of pyridine rings is 1. The molecule has 2 rings (SSSR count). The van der Waals surface area contributed by atoms with Gasteiger partial charge in [-0.1, -0.05) is 13.0 Å². The normalized spacial score (nSPS) is 25.3. The van der Waals surface area contributed by atoms with Gasteiger partial charge < -0.3 is 5.11 Å². The smallest absolute Gasteiger partial charge is 0.0675 e. The molecule has 88 valence electrons. The molecular weight excluding hydrogens is 198 g/mol. The highest BCUT2D eigenvalue weighted by atomic mass is 16.3. The lowest BCUT2D eigenvalue weighted by Crippen LogP contribution is -2.33. The molecule has 1 heterocycles. The molecule has 0 spiro atoms. The Balaban J connectivity index is 2.50. The fraction of sp³-hybridized carbons (Fsp3) is 0.643. The molecule has 1 aromatic rings. The van der Waals surface area contributed by atoms with Gasteiger partial charge in [-0.2, -0.15) is 0 Å². The molecule has 0 aromatic carbocycles. The summed E-state index contributed by atoms with van der Waals surface area (Å²) in [7, 11) is 0. The molecule has 2 nitrogen and oxygen atoms in total. The van der Waals surface area contributed by atoms with Crippen molar-refractivity contribution in [3.05, 3.63) is 29.1 Å². The lowest BCUT2D eigenvalue weighted by Gasteiger charge is -2.36. The van der Waals surface area contributed by atoms with Gasteiger partial charge in [0, 0.05) is 11.6 Å². The number of fused-ring (bicyclic) bond motifs is 1. The summed E-state index contributed by atoms with van der Waals surface area (Å²) in [6.45, 7) is 8.04. The highest BCUT2D eigenvalue weighted by Gasteiger charge is 2.35. The Kier molecular flexibility index (Phi) is 2.79. The average molecular weight is 219 g/mol. The van der Waals surface area contributed by atoms with Crippen LogP contribution in [-0.2, 0) is 0 Å². The molecule has 0 amide bonds. The van der Waals surface area contributed by atoms with Crippen LogP contribution in [0.4, 0.5) is 0 Å². The van der Waals surface area contributed by atoms with Crippen LogP contribution < -0.4 is 0 Å². The second-order valence-electron chi connectivity index (χ2n) is 5.61. The molecule has 1 aliphatic carbocycles. The van der Waals surface area contributed by atoms with E-state index in [-0.39, 0.29) is 5.92 Å². The summed E-state index contributed by atoms with van der Waals surface area (Å²) >= 11 is 0. The standard InChI is InChI=1S/C14H21NO/c1-9-5-8-12(14(3,4)16)13-11(9)7-6-10(2)15-13/h6-7,9,12,16H,5,8H2,1-4H3/t9-,12+/m0/s1. The highest BCUT2D eigenvalue weighted by Crippen LogP contribution is 2.42. The monoisotopic (exact) mass is 219 g/mol. The minimum atomic E-state index is -0.671. The van der Waals surface area contributed by atoms with Gasteiger partial charge in [0.05, 0.1) is 11.3 Å². The van der Waals surface area contributed by atoms with Gasteiger partial charge >= 0.3 is 0 Å². The third-order valence-corrected chi connectivity index (χ3v) is 3.70. The summed E-state index contributed by atoms with van der Waals surface area (Å²) < 4.78 is 0. The molecule has 0 radical (unpaired) electrons. The van der Waals surface area contributed by atoms with E-state index in [9.17, 15) is 5.11 Å². The summed E-state index contributed by atoms with van der Waals surface area (Å²) in [6.07, 6.45) is 2.18. The Morgan fingerprint density at radius 2 is 2.00 bits per heavy atom. The van der Waals surface area contributed by atoms with Gasteiger partial charge in [-0.25, -0.2) is 0 Å². The van der Waals surface area contributed by atoms with Crippen LogP contribution in [0.15, 0.2) is 12.1 Å². The lowest BCUT2D eigenvalue weighted by molar-refractivity contribution is 0.0407. The number of rotatable bonds is 1. The number of aromatic nitrogens is 1. The van der Waals surface area contributed by atoms with Crippen LogP contribution in [0.3, 0.4) is 0 Å². The summed E-state index contributed by atoms with van der Waals surface area (Å²) in [5.41, 5.74) is 2.81. The molecule has 0 saturated heterocycles. The molecule has 2 atom stereocenters. The summed E-state index contributed by atoms with van der Waals surface area (Å²) in [4.78, 5) is 4.65. The summed E-state index contributed by atoms with van der Waals surface area (Å²) in [5.74, 6) is 0.750. The maximum absolute atomic E-state index is 10.2. The molecule has 1 N–H and O–H groups in total. The van der Waals surface area contributed by atoms with E-state index in [0.717, 1.165) is 24.2 Å². The topological polar surface area (TPSA) is 33.1 Å². The first-order valence-electron chi connectivity index (χ1n) is 6.09.